The number of fused-ring (bicyclic) bond motifs is 4. The van der Waals surface area contributed by atoms with Gasteiger partial charge >= 0.3 is 5.63 Å². The molecular formula is C26H22O3. The average molecular weight is 382 g/mol. The number of aryl methyl sites for hydroxylation is 2. The molecule has 0 aliphatic rings. The van der Waals surface area contributed by atoms with Crippen LogP contribution in [0.1, 0.15) is 30.9 Å². The van der Waals surface area contributed by atoms with E-state index in [0.717, 1.165) is 57.9 Å². The van der Waals surface area contributed by atoms with E-state index in [9.17, 15) is 4.79 Å². The standard InChI is InChI=1S/C26H22O3/c1-3-4-7-20-14-23(27)29-22-12-16(2)24-21(15-28-26(24)25(20)22)19-11-10-17-8-5-6-9-18(17)13-19/h5-6,8-15H,3-4,7H2,1-2H3. The Morgan fingerprint density at radius 2 is 1.76 bits per heavy atom. The van der Waals surface area contributed by atoms with Crippen LogP contribution in [0.25, 0.3) is 43.8 Å². The van der Waals surface area contributed by atoms with Gasteiger partial charge in [-0.3, -0.25) is 0 Å². The molecular weight excluding hydrogens is 360 g/mol. The number of hydrogen-bond acceptors (Lipinski definition) is 3. The lowest BCUT2D eigenvalue weighted by molar-refractivity contribution is 0.556. The number of unbranched alkanes of at least 4 members (excludes halogenated alkanes) is 1. The fourth-order valence-corrected chi connectivity index (χ4v) is 4.26. The van der Waals surface area contributed by atoms with Crippen molar-refractivity contribution in [3.8, 4) is 11.1 Å². The highest BCUT2D eigenvalue weighted by Gasteiger charge is 2.18. The van der Waals surface area contributed by atoms with Gasteiger partial charge in [-0.05, 0) is 59.4 Å². The van der Waals surface area contributed by atoms with E-state index in [0.29, 0.717) is 5.58 Å². The van der Waals surface area contributed by atoms with Gasteiger partial charge in [-0.2, -0.15) is 0 Å². The lowest BCUT2D eigenvalue weighted by atomic mass is 9.95. The zero-order valence-corrected chi connectivity index (χ0v) is 16.6. The van der Waals surface area contributed by atoms with Gasteiger partial charge in [0, 0.05) is 17.0 Å². The predicted octanol–water partition coefficient (Wildman–Crippen LogP) is 7.01. The van der Waals surface area contributed by atoms with Gasteiger partial charge in [0.15, 0.2) is 0 Å². The molecule has 29 heavy (non-hydrogen) atoms. The summed E-state index contributed by atoms with van der Waals surface area (Å²) < 4.78 is 11.6. The first-order valence-corrected chi connectivity index (χ1v) is 10.1. The van der Waals surface area contributed by atoms with E-state index in [4.69, 9.17) is 8.83 Å². The number of rotatable bonds is 4. The van der Waals surface area contributed by atoms with Gasteiger partial charge in [-0.1, -0.05) is 49.7 Å². The van der Waals surface area contributed by atoms with Crippen LogP contribution in [0, 0.1) is 6.92 Å². The molecule has 5 aromatic rings. The molecule has 0 aliphatic heterocycles. The monoisotopic (exact) mass is 382 g/mol. The summed E-state index contributed by atoms with van der Waals surface area (Å²) in [6.45, 7) is 4.19. The fourth-order valence-electron chi connectivity index (χ4n) is 4.26. The second-order valence-electron chi connectivity index (χ2n) is 7.68. The molecule has 0 unspecified atom stereocenters. The third kappa shape index (κ3) is 2.94. The molecule has 0 bridgehead atoms. The molecule has 0 saturated heterocycles. The molecule has 3 nitrogen and oxygen atoms in total. The van der Waals surface area contributed by atoms with Crippen LogP contribution >= 0.6 is 0 Å². The van der Waals surface area contributed by atoms with Crippen molar-refractivity contribution < 1.29 is 8.83 Å². The Bertz CT molecular complexity index is 1420. The van der Waals surface area contributed by atoms with Gasteiger partial charge in [-0.15, -0.1) is 0 Å². The highest BCUT2D eigenvalue weighted by molar-refractivity contribution is 6.11. The molecule has 3 aromatic carbocycles. The Labute approximate surface area is 168 Å². The predicted molar refractivity (Wildman–Crippen MR) is 119 cm³/mol. The van der Waals surface area contributed by atoms with Crippen LogP contribution in [0.2, 0.25) is 0 Å². The van der Waals surface area contributed by atoms with Gasteiger partial charge in [0.25, 0.3) is 0 Å². The second kappa shape index (κ2) is 6.93. The minimum atomic E-state index is -0.302. The molecule has 0 atom stereocenters. The van der Waals surface area contributed by atoms with Gasteiger partial charge in [0.05, 0.1) is 11.6 Å². The molecule has 3 heteroatoms. The summed E-state index contributed by atoms with van der Waals surface area (Å²) >= 11 is 0. The minimum Gasteiger partial charge on any atom is -0.463 e. The van der Waals surface area contributed by atoms with Crippen LogP contribution in [-0.2, 0) is 6.42 Å². The van der Waals surface area contributed by atoms with Crippen molar-refractivity contribution in [1.29, 1.82) is 0 Å². The topological polar surface area (TPSA) is 43.4 Å². The molecule has 5 rings (SSSR count). The van der Waals surface area contributed by atoms with Gasteiger partial charge in [-0.25, -0.2) is 4.79 Å². The highest BCUT2D eigenvalue weighted by atomic mass is 16.4. The molecule has 144 valence electrons. The van der Waals surface area contributed by atoms with Crippen LogP contribution in [0.4, 0.5) is 0 Å². The van der Waals surface area contributed by atoms with Crippen LogP contribution in [0.5, 0.6) is 0 Å². The first-order chi connectivity index (χ1) is 14.2. The Morgan fingerprint density at radius 3 is 2.59 bits per heavy atom. The maximum absolute atomic E-state index is 12.1. The van der Waals surface area contributed by atoms with Crippen molar-refractivity contribution in [3.05, 3.63) is 82.4 Å². The zero-order chi connectivity index (χ0) is 20.0. The van der Waals surface area contributed by atoms with Crippen LogP contribution in [0.15, 0.2) is 74.5 Å². The number of furan rings is 1. The maximum Gasteiger partial charge on any atom is 0.336 e. The van der Waals surface area contributed by atoms with E-state index in [2.05, 4.69) is 49.4 Å². The zero-order valence-electron chi connectivity index (χ0n) is 16.6. The van der Waals surface area contributed by atoms with Crippen molar-refractivity contribution in [1.82, 2.24) is 0 Å². The average Bonchev–Trinajstić information content (AvgIpc) is 3.17. The van der Waals surface area contributed by atoms with Crippen molar-refractivity contribution in [2.75, 3.05) is 0 Å². The molecule has 0 N–H and O–H groups in total. The van der Waals surface area contributed by atoms with Gasteiger partial charge in [0.1, 0.15) is 11.2 Å². The molecule has 2 aromatic heterocycles. The van der Waals surface area contributed by atoms with E-state index in [1.807, 2.05) is 19.3 Å². The van der Waals surface area contributed by atoms with Crippen LogP contribution in [0.3, 0.4) is 0 Å². The molecule has 0 fully saturated rings. The Balaban J connectivity index is 1.80. The van der Waals surface area contributed by atoms with E-state index in [1.165, 1.54) is 10.8 Å². The summed E-state index contributed by atoms with van der Waals surface area (Å²) in [6.07, 6.45) is 4.75. The smallest absolute Gasteiger partial charge is 0.336 e. The summed E-state index contributed by atoms with van der Waals surface area (Å²) in [6, 6.07) is 18.4. The first-order valence-electron chi connectivity index (χ1n) is 10.1. The quantitative estimate of drug-likeness (QED) is 0.314. The van der Waals surface area contributed by atoms with Gasteiger partial charge < -0.3 is 8.83 Å². The van der Waals surface area contributed by atoms with E-state index >= 15 is 0 Å². The van der Waals surface area contributed by atoms with E-state index in [1.54, 1.807) is 6.07 Å². The summed E-state index contributed by atoms with van der Waals surface area (Å²) in [5.41, 5.74) is 5.34. The SMILES string of the molecule is CCCCc1cc(=O)oc2cc(C)c3c(-c4ccc5ccccc5c4)coc3c12. The third-order valence-electron chi connectivity index (χ3n) is 5.69. The number of hydrogen-bond donors (Lipinski definition) is 0. The molecule has 0 radical (unpaired) electrons. The van der Waals surface area contributed by atoms with Crippen LogP contribution in [-0.4, -0.2) is 0 Å². The Hall–Kier alpha value is -3.33. The van der Waals surface area contributed by atoms with Crippen LogP contribution < -0.4 is 5.63 Å². The Kier molecular flexibility index (Phi) is 4.24. The molecule has 0 aliphatic carbocycles. The normalized spacial score (nSPS) is 11.7. The second-order valence-corrected chi connectivity index (χ2v) is 7.68. The minimum absolute atomic E-state index is 0.302. The van der Waals surface area contributed by atoms with Gasteiger partial charge in [0.2, 0.25) is 0 Å². The largest absolute Gasteiger partial charge is 0.463 e. The van der Waals surface area contributed by atoms with E-state index < -0.39 is 0 Å². The highest BCUT2D eigenvalue weighted by Crippen LogP contribution is 2.39. The molecule has 2 heterocycles. The summed E-state index contributed by atoms with van der Waals surface area (Å²) in [5.74, 6) is 0. The summed E-state index contributed by atoms with van der Waals surface area (Å²) in [7, 11) is 0. The molecule has 0 amide bonds. The lowest BCUT2D eigenvalue weighted by Gasteiger charge is -2.08. The van der Waals surface area contributed by atoms with E-state index in [-0.39, 0.29) is 5.63 Å². The van der Waals surface area contributed by atoms with Crippen molar-refractivity contribution in [2.45, 2.75) is 33.1 Å². The Morgan fingerprint density at radius 1 is 0.931 bits per heavy atom. The van der Waals surface area contributed by atoms with Crippen molar-refractivity contribution in [3.63, 3.8) is 0 Å². The molecule has 0 saturated carbocycles. The number of benzene rings is 3. The lowest BCUT2D eigenvalue weighted by Crippen LogP contribution is -2.01. The molecule has 0 spiro atoms. The maximum atomic E-state index is 12.1. The fraction of sp³-hybridized carbons (Fsp3) is 0.192. The van der Waals surface area contributed by atoms with Crippen molar-refractivity contribution >= 4 is 32.7 Å². The third-order valence-corrected chi connectivity index (χ3v) is 5.69. The first kappa shape index (κ1) is 17.7. The summed E-state index contributed by atoms with van der Waals surface area (Å²) in [5, 5.41) is 4.42. The summed E-state index contributed by atoms with van der Waals surface area (Å²) in [4.78, 5) is 12.1. The van der Waals surface area contributed by atoms with Crippen molar-refractivity contribution in [2.24, 2.45) is 0 Å².